The van der Waals surface area contributed by atoms with Gasteiger partial charge < -0.3 is 4.74 Å². The van der Waals surface area contributed by atoms with Crippen LogP contribution in [-0.2, 0) is 16.0 Å². The van der Waals surface area contributed by atoms with Crippen LogP contribution in [0.5, 0.6) is 0 Å². The maximum Gasteiger partial charge on any atom is 0.417 e. The van der Waals surface area contributed by atoms with Crippen LogP contribution in [0.25, 0.3) is 0 Å². The van der Waals surface area contributed by atoms with Crippen LogP contribution in [0.2, 0.25) is 0 Å². The molecular weight excluding hydrogens is 232 g/mol. The zero-order valence-electron chi connectivity index (χ0n) is 8.49. The van der Waals surface area contributed by atoms with E-state index in [1.54, 1.807) is 0 Å². The predicted octanol–water partition coefficient (Wildman–Crippen LogP) is 1.13. The van der Waals surface area contributed by atoms with Crippen molar-refractivity contribution in [2.45, 2.75) is 6.42 Å². The summed E-state index contributed by atoms with van der Waals surface area (Å²) in [4.78, 5) is 29.5. The lowest BCUT2D eigenvalue weighted by Gasteiger charge is -2.02. The minimum Gasteiger partial charge on any atom is -0.457 e. The van der Waals surface area contributed by atoms with Crippen molar-refractivity contribution in [1.82, 2.24) is 0 Å². The van der Waals surface area contributed by atoms with Crippen LogP contribution in [0.15, 0.2) is 18.2 Å². The molecular formula is C9H7N2O6. The first-order valence-corrected chi connectivity index (χ1v) is 4.47. The molecule has 0 bridgehead atoms. The Kier molecular flexibility index (Phi) is 4.09. The molecule has 0 aliphatic heterocycles. The molecule has 1 aromatic carbocycles. The second kappa shape index (κ2) is 5.54. The maximum absolute atomic E-state index is 10.8. The van der Waals surface area contributed by atoms with Crippen molar-refractivity contribution in [2.75, 3.05) is 6.61 Å². The van der Waals surface area contributed by atoms with Gasteiger partial charge in [0, 0.05) is 18.1 Å². The summed E-state index contributed by atoms with van der Waals surface area (Å²) in [6.45, 7) is 1.05. The van der Waals surface area contributed by atoms with Crippen molar-refractivity contribution in [2.24, 2.45) is 0 Å². The molecule has 0 spiro atoms. The molecule has 0 fully saturated rings. The smallest absolute Gasteiger partial charge is 0.417 e. The average Bonchev–Trinajstić information content (AvgIpc) is 2.28. The van der Waals surface area contributed by atoms with Crippen molar-refractivity contribution in [1.29, 1.82) is 0 Å². The molecule has 8 heteroatoms. The van der Waals surface area contributed by atoms with Crippen molar-refractivity contribution >= 4 is 17.8 Å². The first kappa shape index (κ1) is 12.6. The first-order chi connectivity index (χ1) is 8.07. The second-order valence-corrected chi connectivity index (χ2v) is 2.98. The van der Waals surface area contributed by atoms with E-state index in [9.17, 15) is 25.0 Å². The fraction of sp³-hybridized carbons (Fsp3) is 0.222. The van der Waals surface area contributed by atoms with E-state index in [1.165, 1.54) is 18.6 Å². The molecule has 0 saturated carbocycles. The number of hydrogen-bond acceptors (Lipinski definition) is 6. The second-order valence-electron chi connectivity index (χ2n) is 2.98. The Morgan fingerprint density at radius 1 is 1.24 bits per heavy atom. The van der Waals surface area contributed by atoms with Gasteiger partial charge in [-0.25, -0.2) is 4.79 Å². The van der Waals surface area contributed by atoms with E-state index >= 15 is 0 Å². The molecule has 1 aromatic rings. The van der Waals surface area contributed by atoms with E-state index in [2.05, 4.69) is 4.74 Å². The first-order valence-electron chi connectivity index (χ1n) is 4.47. The third kappa shape index (κ3) is 2.97. The fourth-order valence-corrected chi connectivity index (χ4v) is 1.34. The highest BCUT2D eigenvalue weighted by atomic mass is 16.6. The van der Waals surface area contributed by atoms with Crippen LogP contribution in [-0.4, -0.2) is 22.9 Å². The van der Waals surface area contributed by atoms with Gasteiger partial charge in [-0.05, 0) is 0 Å². The lowest BCUT2D eigenvalue weighted by atomic mass is 10.1. The van der Waals surface area contributed by atoms with E-state index in [4.69, 9.17) is 0 Å². The van der Waals surface area contributed by atoms with Crippen LogP contribution in [0.1, 0.15) is 5.56 Å². The molecule has 0 saturated heterocycles. The molecule has 0 aliphatic rings. The van der Waals surface area contributed by atoms with Gasteiger partial charge in [0.2, 0.25) is 0 Å². The average molecular weight is 239 g/mol. The monoisotopic (exact) mass is 239 g/mol. The zero-order chi connectivity index (χ0) is 12.8. The van der Waals surface area contributed by atoms with Crippen molar-refractivity contribution in [3.8, 4) is 0 Å². The van der Waals surface area contributed by atoms with Crippen LogP contribution < -0.4 is 0 Å². The third-order valence-electron chi connectivity index (χ3n) is 2.01. The fourth-order valence-electron chi connectivity index (χ4n) is 1.34. The van der Waals surface area contributed by atoms with Gasteiger partial charge in [-0.15, -0.1) is 0 Å². The number of nitro benzene ring substituents is 2. The summed E-state index contributed by atoms with van der Waals surface area (Å²) in [5, 5.41) is 21.4. The zero-order valence-corrected chi connectivity index (χ0v) is 8.49. The standard InChI is InChI=1S/C9H7N2O6/c12-6-17-5-4-7-2-1-3-8(10(13)14)9(7)11(15)16/h1-3H,4-5H2. The highest BCUT2D eigenvalue weighted by Gasteiger charge is 2.27. The molecule has 0 heterocycles. The van der Waals surface area contributed by atoms with Crippen LogP contribution in [0.3, 0.4) is 0 Å². The Morgan fingerprint density at radius 2 is 1.94 bits per heavy atom. The van der Waals surface area contributed by atoms with Gasteiger partial charge in [-0.2, -0.15) is 0 Å². The summed E-state index contributed by atoms with van der Waals surface area (Å²) in [5.74, 6) is 0. The van der Waals surface area contributed by atoms with Gasteiger partial charge in [0.1, 0.15) is 0 Å². The predicted molar refractivity (Wildman–Crippen MR) is 55.1 cm³/mol. The summed E-state index contributed by atoms with van der Waals surface area (Å²) in [6.07, 6.45) is 0.0211. The summed E-state index contributed by atoms with van der Waals surface area (Å²) < 4.78 is 4.27. The number of benzene rings is 1. The van der Waals surface area contributed by atoms with Crippen LogP contribution in [0.4, 0.5) is 11.4 Å². The van der Waals surface area contributed by atoms with Crippen molar-refractivity contribution in [3.63, 3.8) is 0 Å². The van der Waals surface area contributed by atoms with Crippen LogP contribution >= 0.6 is 0 Å². The number of hydrogen-bond donors (Lipinski definition) is 0. The van der Waals surface area contributed by atoms with E-state index in [-0.39, 0.29) is 18.6 Å². The quantitative estimate of drug-likeness (QED) is 0.417. The summed E-state index contributed by atoms with van der Waals surface area (Å²) >= 11 is 0. The minimum absolute atomic E-state index is 0.0211. The molecule has 17 heavy (non-hydrogen) atoms. The molecule has 0 aliphatic carbocycles. The molecule has 0 atom stereocenters. The lowest BCUT2D eigenvalue weighted by Crippen LogP contribution is -2.04. The molecule has 0 unspecified atom stereocenters. The normalized spacial score (nSPS) is 9.65. The Labute approximate surface area is 95.1 Å². The van der Waals surface area contributed by atoms with Crippen molar-refractivity contribution in [3.05, 3.63) is 44.0 Å². The van der Waals surface area contributed by atoms with E-state index in [1.807, 2.05) is 0 Å². The molecule has 89 valence electrons. The number of nitro groups is 2. The summed E-state index contributed by atoms with van der Waals surface area (Å²) in [6, 6.07) is 3.76. The topological polar surface area (TPSA) is 113 Å². The minimum atomic E-state index is -0.825. The largest absolute Gasteiger partial charge is 0.457 e. The molecule has 8 nitrogen and oxygen atoms in total. The lowest BCUT2D eigenvalue weighted by molar-refractivity contribution is -0.423. The Bertz CT molecular complexity index is 459. The number of carbonyl (C=O) groups excluding carboxylic acids is 1. The van der Waals surface area contributed by atoms with E-state index < -0.39 is 21.2 Å². The Morgan fingerprint density at radius 3 is 2.47 bits per heavy atom. The van der Waals surface area contributed by atoms with Gasteiger partial charge in [0.15, 0.2) is 0 Å². The summed E-state index contributed by atoms with van der Waals surface area (Å²) in [5.41, 5.74) is -1.02. The number of para-hydroxylation sites is 1. The van der Waals surface area contributed by atoms with Gasteiger partial charge in [0.25, 0.3) is 0 Å². The van der Waals surface area contributed by atoms with E-state index in [0.29, 0.717) is 0 Å². The molecule has 1 rings (SSSR count). The van der Waals surface area contributed by atoms with Gasteiger partial charge in [-0.3, -0.25) is 20.2 Å². The molecule has 0 aromatic heterocycles. The Balaban J connectivity index is 3.11. The van der Waals surface area contributed by atoms with Gasteiger partial charge >= 0.3 is 17.8 Å². The van der Waals surface area contributed by atoms with Gasteiger partial charge in [-0.1, -0.05) is 12.1 Å². The number of rotatable bonds is 6. The van der Waals surface area contributed by atoms with E-state index in [0.717, 1.165) is 6.07 Å². The van der Waals surface area contributed by atoms with Crippen molar-refractivity contribution < 1.29 is 19.4 Å². The molecule has 0 amide bonds. The van der Waals surface area contributed by atoms with Crippen LogP contribution in [0, 0.1) is 20.2 Å². The molecule has 1 radical (unpaired) electrons. The SMILES string of the molecule is O=[C]OCCc1cccc([N+](=O)[O-])c1[N+](=O)[O-]. The number of nitrogens with zero attached hydrogens (tertiary/aromatic N) is 2. The maximum atomic E-state index is 10.8. The Hall–Kier alpha value is -2.51. The van der Waals surface area contributed by atoms with Gasteiger partial charge in [0.05, 0.1) is 16.5 Å². The highest BCUT2D eigenvalue weighted by molar-refractivity contribution is 5.57. The summed E-state index contributed by atoms with van der Waals surface area (Å²) in [7, 11) is 0. The third-order valence-corrected chi connectivity index (χ3v) is 2.01. The number of ether oxygens (including phenoxy) is 1. The molecule has 0 N–H and O–H groups in total. The highest BCUT2D eigenvalue weighted by Crippen LogP contribution is 2.30.